The fourth-order valence-electron chi connectivity index (χ4n) is 4.81. The van der Waals surface area contributed by atoms with Gasteiger partial charge in [-0.3, -0.25) is 9.59 Å². The number of hydrogen-bond donors (Lipinski definition) is 3. The lowest BCUT2D eigenvalue weighted by Crippen LogP contribution is -2.46. The van der Waals surface area contributed by atoms with Crippen LogP contribution in [0.4, 0.5) is 4.79 Å². The summed E-state index contributed by atoms with van der Waals surface area (Å²) in [6.45, 7) is 2.41. The van der Waals surface area contributed by atoms with Crippen molar-refractivity contribution in [2.75, 3.05) is 19.8 Å². The molecule has 1 aliphatic carbocycles. The van der Waals surface area contributed by atoms with Crippen molar-refractivity contribution in [3.8, 4) is 11.1 Å². The number of benzene rings is 2. The zero-order chi connectivity index (χ0) is 24.1. The van der Waals surface area contributed by atoms with Crippen LogP contribution in [0, 0.1) is 5.92 Å². The Kier molecular flexibility index (Phi) is 7.47. The van der Waals surface area contributed by atoms with E-state index in [9.17, 15) is 19.5 Å². The third kappa shape index (κ3) is 5.22. The van der Waals surface area contributed by atoms with E-state index >= 15 is 0 Å². The lowest BCUT2D eigenvalue weighted by Gasteiger charge is -2.21. The Balaban J connectivity index is 1.33. The zero-order valence-corrected chi connectivity index (χ0v) is 19.2. The van der Waals surface area contributed by atoms with Crippen molar-refractivity contribution in [3.05, 3.63) is 59.7 Å². The van der Waals surface area contributed by atoms with Crippen molar-refractivity contribution in [2.24, 2.45) is 5.92 Å². The summed E-state index contributed by atoms with van der Waals surface area (Å²) in [5, 5.41) is 14.8. The lowest BCUT2D eigenvalue weighted by molar-refractivity contribution is -0.142. The van der Waals surface area contributed by atoms with E-state index in [4.69, 9.17) is 9.47 Å². The highest BCUT2D eigenvalue weighted by Crippen LogP contribution is 2.44. The maximum atomic E-state index is 12.6. The smallest absolute Gasteiger partial charge is 0.407 e. The van der Waals surface area contributed by atoms with E-state index in [1.807, 2.05) is 31.2 Å². The summed E-state index contributed by atoms with van der Waals surface area (Å²) in [5.74, 6) is -2.12. The summed E-state index contributed by atoms with van der Waals surface area (Å²) in [4.78, 5) is 36.4. The largest absolute Gasteiger partial charge is 0.481 e. The molecule has 0 aromatic heterocycles. The van der Waals surface area contributed by atoms with E-state index in [0.29, 0.717) is 6.42 Å². The number of carboxylic acid groups (broad SMARTS) is 1. The Morgan fingerprint density at radius 1 is 1.06 bits per heavy atom. The van der Waals surface area contributed by atoms with Gasteiger partial charge in [-0.05, 0) is 28.7 Å². The minimum atomic E-state index is -0.996. The number of carbonyl (C=O) groups excluding carboxylic acids is 2. The predicted molar refractivity (Wildman–Crippen MR) is 125 cm³/mol. The molecule has 180 valence electrons. The molecule has 2 aliphatic rings. The SMILES string of the molecule is CCC[C@@H](CC(=O)NC1COCC1C(=O)O)NC(=O)OCC1c2ccccc2-c2ccccc21. The molecule has 2 aromatic carbocycles. The lowest BCUT2D eigenvalue weighted by atomic mass is 9.98. The predicted octanol–water partition coefficient (Wildman–Crippen LogP) is 3.30. The number of hydrogen-bond acceptors (Lipinski definition) is 5. The minimum absolute atomic E-state index is 0.0404. The zero-order valence-electron chi connectivity index (χ0n) is 19.2. The second-order valence-electron chi connectivity index (χ2n) is 8.82. The Hall–Kier alpha value is -3.39. The molecule has 0 radical (unpaired) electrons. The van der Waals surface area contributed by atoms with E-state index < -0.39 is 30.1 Å². The first kappa shape index (κ1) is 23.8. The van der Waals surface area contributed by atoms with Crippen LogP contribution >= 0.6 is 0 Å². The van der Waals surface area contributed by atoms with Gasteiger partial charge in [-0.25, -0.2) is 4.79 Å². The van der Waals surface area contributed by atoms with Gasteiger partial charge >= 0.3 is 12.1 Å². The molecule has 1 aliphatic heterocycles. The average molecular weight is 467 g/mol. The molecule has 1 fully saturated rings. The minimum Gasteiger partial charge on any atom is -0.481 e. The van der Waals surface area contributed by atoms with Gasteiger partial charge in [0.25, 0.3) is 0 Å². The Labute approximate surface area is 198 Å². The first-order valence-electron chi connectivity index (χ1n) is 11.7. The molecule has 2 aromatic rings. The Morgan fingerprint density at radius 2 is 1.71 bits per heavy atom. The van der Waals surface area contributed by atoms with Crippen LogP contribution in [0.1, 0.15) is 43.2 Å². The first-order valence-corrected chi connectivity index (χ1v) is 11.7. The topological polar surface area (TPSA) is 114 Å². The maximum Gasteiger partial charge on any atom is 0.407 e. The Bertz CT molecular complexity index is 1010. The monoisotopic (exact) mass is 466 g/mol. The van der Waals surface area contributed by atoms with Gasteiger partial charge in [-0.15, -0.1) is 0 Å². The number of fused-ring (bicyclic) bond motifs is 3. The van der Waals surface area contributed by atoms with Crippen LogP contribution in [0.15, 0.2) is 48.5 Å². The molecule has 2 amide bonds. The van der Waals surface area contributed by atoms with Gasteiger partial charge < -0.3 is 25.2 Å². The van der Waals surface area contributed by atoms with Crippen LogP contribution in [-0.4, -0.2) is 55.0 Å². The maximum absolute atomic E-state index is 12.6. The summed E-state index contributed by atoms with van der Waals surface area (Å²) in [6, 6.07) is 15.3. The van der Waals surface area contributed by atoms with Crippen molar-refractivity contribution in [3.63, 3.8) is 0 Å². The number of alkyl carbamates (subject to hydrolysis) is 1. The summed E-state index contributed by atoms with van der Waals surface area (Å²) >= 11 is 0. The summed E-state index contributed by atoms with van der Waals surface area (Å²) in [5.41, 5.74) is 4.58. The highest BCUT2D eigenvalue weighted by Gasteiger charge is 2.35. The molecule has 8 heteroatoms. The van der Waals surface area contributed by atoms with Crippen molar-refractivity contribution in [1.82, 2.24) is 10.6 Å². The van der Waals surface area contributed by atoms with Crippen molar-refractivity contribution < 1.29 is 29.0 Å². The fraction of sp³-hybridized carbons (Fsp3) is 0.423. The van der Waals surface area contributed by atoms with Crippen LogP contribution in [0.3, 0.4) is 0 Å². The number of rotatable bonds is 9. The highest BCUT2D eigenvalue weighted by atomic mass is 16.5. The van der Waals surface area contributed by atoms with Crippen molar-refractivity contribution in [2.45, 2.75) is 44.2 Å². The van der Waals surface area contributed by atoms with E-state index in [-0.39, 0.29) is 38.1 Å². The molecule has 0 saturated carbocycles. The number of carboxylic acids is 1. The van der Waals surface area contributed by atoms with Crippen LogP contribution in [0.2, 0.25) is 0 Å². The summed E-state index contributed by atoms with van der Waals surface area (Å²) < 4.78 is 10.8. The molecular formula is C26H30N2O6. The van der Waals surface area contributed by atoms with Gasteiger partial charge in [0.05, 0.1) is 19.3 Å². The highest BCUT2D eigenvalue weighted by molar-refractivity contribution is 5.80. The molecule has 1 saturated heterocycles. The quantitative estimate of drug-likeness (QED) is 0.523. The molecule has 3 N–H and O–H groups in total. The normalized spacial score (nSPS) is 19.7. The van der Waals surface area contributed by atoms with E-state index in [1.165, 1.54) is 0 Å². The van der Waals surface area contributed by atoms with Gasteiger partial charge in [0, 0.05) is 18.4 Å². The average Bonchev–Trinajstić information content (AvgIpc) is 3.40. The number of carbonyl (C=O) groups is 3. The third-order valence-corrected chi connectivity index (χ3v) is 6.48. The van der Waals surface area contributed by atoms with Gasteiger partial charge in [0.1, 0.15) is 12.5 Å². The third-order valence-electron chi connectivity index (χ3n) is 6.48. The molecule has 0 spiro atoms. The Morgan fingerprint density at radius 3 is 2.32 bits per heavy atom. The standard InChI is InChI=1S/C26H30N2O6/c1-2-7-16(12-24(29)28-23-15-33-13-22(23)25(30)31)27-26(32)34-14-21-19-10-5-3-8-17(19)18-9-4-6-11-20(18)21/h3-6,8-11,16,21-23H,2,7,12-15H2,1H3,(H,27,32)(H,28,29)(H,30,31)/t16-,22?,23?/m0/s1. The van der Waals surface area contributed by atoms with Gasteiger partial charge in [0.2, 0.25) is 5.91 Å². The molecule has 34 heavy (non-hydrogen) atoms. The summed E-state index contributed by atoms with van der Waals surface area (Å²) in [7, 11) is 0. The van der Waals surface area contributed by atoms with Crippen LogP contribution < -0.4 is 10.6 Å². The first-order chi connectivity index (χ1) is 16.5. The number of amides is 2. The molecular weight excluding hydrogens is 436 g/mol. The molecule has 8 nitrogen and oxygen atoms in total. The summed E-state index contributed by atoms with van der Waals surface area (Å²) in [6.07, 6.45) is 0.842. The van der Waals surface area contributed by atoms with Crippen LogP contribution in [0.5, 0.6) is 0 Å². The molecule has 1 heterocycles. The van der Waals surface area contributed by atoms with E-state index in [1.54, 1.807) is 0 Å². The van der Waals surface area contributed by atoms with Crippen molar-refractivity contribution >= 4 is 18.0 Å². The van der Waals surface area contributed by atoms with E-state index in [2.05, 4.69) is 34.9 Å². The van der Waals surface area contributed by atoms with Crippen molar-refractivity contribution in [1.29, 1.82) is 0 Å². The van der Waals surface area contributed by atoms with Crippen LogP contribution in [-0.2, 0) is 19.1 Å². The van der Waals surface area contributed by atoms with E-state index in [0.717, 1.165) is 28.7 Å². The fourth-order valence-corrected chi connectivity index (χ4v) is 4.81. The molecule has 4 rings (SSSR count). The molecule has 2 unspecified atom stereocenters. The second kappa shape index (κ2) is 10.7. The second-order valence-corrected chi connectivity index (χ2v) is 8.82. The number of nitrogens with one attached hydrogen (secondary N) is 2. The van der Waals surface area contributed by atoms with Crippen LogP contribution in [0.25, 0.3) is 11.1 Å². The molecule has 0 bridgehead atoms. The molecule has 3 atom stereocenters. The number of ether oxygens (including phenoxy) is 2. The number of aliphatic carboxylic acids is 1. The van der Waals surface area contributed by atoms with Gasteiger partial charge in [-0.2, -0.15) is 0 Å². The van der Waals surface area contributed by atoms with Gasteiger partial charge in [0.15, 0.2) is 0 Å². The van der Waals surface area contributed by atoms with Gasteiger partial charge in [-0.1, -0.05) is 61.9 Å².